The molecule has 0 saturated heterocycles. The second-order valence-electron chi connectivity index (χ2n) is 2.60. The first-order chi connectivity index (χ1) is 4.83. The number of H-pyrrole nitrogens is 1. The summed E-state index contributed by atoms with van der Waals surface area (Å²) < 4.78 is 0. The van der Waals surface area contributed by atoms with Crippen LogP contribution in [0.15, 0.2) is 6.20 Å². The summed E-state index contributed by atoms with van der Waals surface area (Å²) in [4.78, 5) is 7.31. The summed E-state index contributed by atoms with van der Waals surface area (Å²) in [6, 6.07) is 0. The smallest absolute Gasteiger partial charge is 0.103 e. The quantitative estimate of drug-likeness (QED) is 0.625. The Balaban J connectivity index is -0.0000000667. The minimum absolute atomic E-state index is 0. The molecule has 0 aliphatic carbocycles. The number of nitrogens with zero attached hydrogens (tertiary/aromatic N) is 1. The molecular weight excluding hydrogens is 211 g/mol. The molecule has 2 nitrogen and oxygen atoms in total. The molecule has 0 bridgehead atoms. The minimum atomic E-state index is 0. The molecule has 91 valence electrons. The normalized spacial score (nSPS) is 6.80. The van der Waals surface area contributed by atoms with Crippen molar-refractivity contribution in [3.63, 3.8) is 0 Å². The van der Waals surface area contributed by atoms with Gasteiger partial charge in [-0.05, 0) is 19.8 Å². The molecule has 0 aliphatic rings. The van der Waals surface area contributed by atoms with Crippen molar-refractivity contribution in [2.24, 2.45) is 0 Å². The molecule has 1 aromatic rings. The van der Waals surface area contributed by atoms with Gasteiger partial charge in [0.25, 0.3) is 0 Å². The van der Waals surface area contributed by atoms with Crippen LogP contribution in [0.4, 0.5) is 18.8 Å². The number of aromatic amines is 1. The van der Waals surface area contributed by atoms with Gasteiger partial charge in [-0.25, -0.2) is 4.98 Å². The number of nitrogens with one attached hydrogen (secondary N) is 1. The Morgan fingerprint density at radius 3 is 2.07 bits per heavy atom. The van der Waals surface area contributed by atoms with E-state index in [0.717, 1.165) is 12.2 Å². The standard InChI is InChI=1S/C8H14N2.B.4FH/c1-3-4-5-8-6-9-7(2)10-8;;;;;/h6H,3-5H2,1-2H3,(H,9,10);;4*1H. The van der Waals surface area contributed by atoms with Gasteiger partial charge in [0.2, 0.25) is 0 Å². The van der Waals surface area contributed by atoms with Crippen molar-refractivity contribution in [3.05, 3.63) is 17.7 Å². The second kappa shape index (κ2) is 15.5. The van der Waals surface area contributed by atoms with Gasteiger partial charge in [-0.3, -0.25) is 18.8 Å². The zero-order valence-corrected chi connectivity index (χ0v) is 8.86. The number of unbranched alkanes of at least 4 members (excludes halogenated alkanes) is 1. The predicted octanol–water partition coefficient (Wildman–Crippen LogP) is 2.29. The van der Waals surface area contributed by atoms with Gasteiger partial charge < -0.3 is 4.98 Å². The van der Waals surface area contributed by atoms with E-state index in [-0.39, 0.29) is 27.2 Å². The van der Waals surface area contributed by atoms with Crippen LogP contribution in [0.3, 0.4) is 0 Å². The zero-order valence-electron chi connectivity index (χ0n) is 8.86. The van der Waals surface area contributed by atoms with E-state index >= 15 is 0 Å². The maximum absolute atomic E-state index is 4.11. The highest BCUT2D eigenvalue weighted by Crippen LogP contribution is 2.01. The summed E-state index contributed by atoms with van der Waals surface area (Å²) in [5, 5.41) is 0. The van der Waals surface area contributed by atoms with Crippen molar-refractivity contribution in [1.82, 2.24) is 9.97 Å². The fourth-order valence-electron chi connectivity index (χ4n) is 0.966. The maximum Gasteiger partial charge on any atom is 0.103 e. The van der Waals surface area contributed by atoms with E-state index in [4.69, 9.17) is 0 Å². The molecule has 1 aromatic heterocycles. The van der Waals surface area contributed by atoms with Crippen molar-refractivity contribution in [1.29, 1.82) is 0 Å². The minimum Gasteiger partial charge on any atom is -0.346 e. The van der Waals surface area contributed by atoms with Crippen LogP contribution in [0.5, 0.6) is 0 Å². The third kappa shape index (κ3) is 10.9. The molecule has 3 radical (unpaired) electrons. The van der Waals surface area contributed by atoms with E-state index in [0.29, 0.717) is 0 Å². The number of imidazole rings is 1. The number of hydrogen-bond donors (Lipinski definition) is 1. The Morgan fingerprint density at radius 2 is 1.73 bits per heavy atom. The Morgan fingerprint density at radius 1 is 1.20 bits per heavy atom. The molecule has 0 unspecified atom stereocenters. The lowest BCUT2D eigenvalue weighted by Crippen LogP contribution is -1.83. The highest BCUT2D eigenvalue weighted by atomic mass is 19.0. The molecule has 0 aromatic carbocycles. The summed E-state index contributed by atoms with van der Waals surface area (Å²) in [6.07, 6.45) is 5.56. The molecule has 0 amide bonds. The third-order valence-electron chi connectivity index (χ3n) is 1.56. The molecule has 0 saturated carbocycles. The predicted molar refractivity (Wildman–Crippen MR) is 57.7 cm³/mol. The van der Waals surface area contributed by atoms with Gasteiger partial charge in [0.1, 0.15) is 5.82 Å². The topological polar surface area (TPSA) is 28.7 Å². The van der Waals surface area contributed by atoms with E-state index in [1.807, 2.05) is 13.1 Å². The van der Waals surface area contributed by atoms with Gasteiger partial charge in [0.15, 0.2) is 0 Å². The van der Waals surface area contributed by atoms with Crippen molar-refractivity contribution in [2.45, 2.75) is 33.1 Å². The van der Waals surface area contributed by atoms with Gasteiger partial charge in [0, 0.05) is 20.3 Å². The summed E-state index contributed by atoms with van der Waals surface area (Å²) in [7, 11) is 0. The molecule has 0 spiro atoms. The molecule has 1 heterocycles. The summed E-state index contributed by atoms with van der Waals surface area (Å²) in [5.41, 5.74) is 1.26. The average Bonchev–Trinajstić information content (AvgIpc) is 2.31. The number of rotatable bonds is 3. The van der Waals surface area contributed by atoms with Crippen LogP contribution in [0, 0.1) is 6.92 Å². The fraction of sp³-hybridized carbons (Fsp3) is 0.625. The number of aryl methyl sites for hydroxylation is 2. The van der Waals surface area contributed by atoms with Crippen molar-refractivity contribution in [2.75, 3.05) is 0 Å². The first-order valence-corrected chi connectivity index (χ1v) is 3.83. The highest BCUT2D eigenvalue weighted by molar-refractivity contribution is 5.75. The van der Waals surface area contributed by atoms with Crippen LogP contribution in [-0.2, 0) is 6.42 Å². The van der Waals surface area contributed by atoms with E-state index in [2.05, 4.69) is 16.9 Å². The number of aromatic nitrogens is 2. The summed E-state index contributed by atoms with van der Waals surface area (Å²) in [6.45, 7) is 4.18. The van der Waals surface area contributed by atoms with Crippen LogP contribution in [-0.4, -0.2) is 18.4 Å². The Bertz CT molecular complexity index is 208. The highest BCUT2D eigenvalue weighted by Gasteiger charge is 1.93. The van der Waals surface area contributed by atoms with Crippen LogP contribution in [0.2, 0.25) is 0 Å². The Labute approximate surface area is 88.9 Å². The van der Waals surface area contributed by atoms with Gasteiger partial charge in [-0.15, -0.1) is 0 Å². The lowest BCUT2D eigenvalue weighted by atomic mass is 10.2. The third-order valence-corrected chi connectivity index (χ3v) is 1.56. The lowest BCUT2D eigenvalue weighted by Gasteiger charge is -1.91. The lowest BCUT2D eigenvalue weighted by molar-refractivity contribution is 0.779. The maximum atomic E-state index is 4.11. The van der Waals surface area contributed by atoms with Crippen molar-refractivity contribution in [3.8, 4) is 0 Å². The van der Waals surface area contributed by atoms with Gasteiger partial charge in [-0.1, -0.05) is 13.3 Å². The Hall–Kier alpha value is -1.01. The average molecular weight is 229 g/mol. The fourth-order valence-corrected chi connectivity index (χ4v) is 0.966. The summed E-state index contributed by atoms with van der Waals surface area (Å²) in [5.74, 6) is 1.02. The van der Waals surface area contributed by atoms with Gasteiger partial charge >= 0.3 is 0 Å². The number of halogens is 4. The zero-order chi connectivity index (χ0) is 7.40. The SMILES string of the molecule is CCCCc1cnc(C)[nH]1.F.F.F.F.[B]. The molecular formula is C8H18BF4N2. The van der Waals surface area contributed by atoms with E-state index < -0.39 is 0 Å². The van der Waals surface area contributed by atoms with E-state index in [1.165, 1.54) is 18.5 Å². The molecule has 1 N–H and O–H groups in total. The van der Waals surface area contributed by atoms with Crippen molar-refractivity contribution >= 4 is 8.41 Å². The molecule has 7 heteroatoms. The summed E-state index contributed by atoms with van der Waals surface area (Å²) >= 11 is 0. The van der Waals surface area contributed by atoms with Gasteiger partial charge in [-0.2, -0.15) is 0 Å². The first-order valence-electron chi connectivity index (χ1n) is 3.83. The molecule has 0 fully saturated rings. The van der Waals surface area contributed by atoms with Crippen molar-refractivity contribution < 1.29 is 18.8 Å². The van der Waals surface area contributed by atoms with Crippen LogP contribution in [0.1, 0.15) is 31.3 Å². The molecule has 0 atom stereocenters. The monoisotopic (exact) mass is 229 g/mol. The molecule has 1 rings (SSSR count). The number of hydrogen-bond acceptors (Lipinski definition) is 1. The van der Waals surface area contributed by atoms with E-state index in [9.17, 15) is 0 Å². The Kier molecular flexibility index (Phi) is 30.1. The van der Waals surface area contributed by atoms with Crippen LogP contribution >= 0.6 is 0 Å². The van der Waals surface area contributed by atoms with E-state index in [1.54, 1.807) is 0 Å². The largest absolute Gasteiger partial charge is 0.346 e. The van der Waals surface area contributed by atoms with Crippen LogP contribution < -0.4 is 0 Å². The van der Waals surface area contributed by atoms with Crippen LogP contribution in [0.25, 0.3) is 0 Å². The van der Waals surface area contributed by atoms with Gasteiger partial charge in [0.05, 0.1) is 0 Å². The second-order valence-corrected chi connectivity index (χ2v) is 2.60. The molecule has 15 heavy (non-hydrogen) atoms. The first kappa shape index (κ1) is 29.2. The molecule has 0 aliphatic heterocycles.